The van der Waals surface area contributed by atoms with E-state index in [0.717, 1.165) is 37.8 Å². The molecule has 1 aromatic heterocycles. The topological polar surface area (TPSA) is 58.3 Å². The number of aryl methyl sites for hydroxylation is 1. The molecule has 2 aromatic rings. The third-order valence-corrected chi connectivity index (χ3v) is 3.88. The minimum atomic E-state index is 0. The van der Waals surface area contributed by atoms with E-state index in [1.807, 2.05) is 4.57 Å². The molecule has 0 fully saturated rings. The van der Waals surface area contributed by atoms with Crippen molar-refractivity contribution in [2.45, 2.75) is 33.4 Å². The summed E-state index contributed by atoms with van der Waals surface area (Å²) in [5.41, 5.74) is 2.63. The predicted octanol–water partition coefficient (Wildman–Crippen LogP) is 2.44. The molecule has 23 heavy (non-hydrogen) atoms. The number of para-hydroxylation sites is 1. The molecule has 2 heterocycles. The molecule has 1 N–H and O–H groups in total. The summed E-state index contributed by atoms with van der Waals surface area (Å²) in [6.07, 6.45) is 2.81. The van der Waals surface area contributed by atoms with Crippen molar-refractivity contribution in [3.05, 3.63) is 42.0 Å². The molecule has 0 saturated carbocycles. The fourth-order valence-electron chi connectivity index (χ4n) is 2.76. The monoisotopic (exact) mass is 426 g/mol. The van der Waals surface area contributed by atoms with Crippen LogP contribution in [0.15, 0.2) is 35.6 Å². The molecule has 0 saturated heterocycles. The average Bonchev–Trinajstić information content (AvgIpc) is 3.18. The Bertz CT molecular complexity index is 666. The number of hydrogen-bond acceptors (Lipinski definition) is 3. The lowest BCUT2D eigenvalue weighted by molar-refractivity contribution is 0.696. The van der Waals surface area contributed by atoms with Gasteiger partial charge in [-0.1, -0.05) is 18.2 Å². The maximum Gasteiger partial charge on any atom is 0.198 e. The second-order valence-corrected chi connectivity index (χ2v) is 5.23. The zero-order chi connectivity index (χ0) is 15.4. The lowest BCUT2D eigenvalue weighted by Crippen LogP contribution is -2.40. The van der Waals surface area contributed by atoms with Gasteiger partial charge in [-0.05, 0) is 31.9 Å². The summed E-state index contributed by atoms with van der Waals surface area (Å²) in [4.78, 5) is 7.01. The van der Waals surface area contributed by atoms with E-state index in [-0.39, 0.29) is 24.0 Å². The van der Waals surface area contributed by atoms with Crippen LogP contribution in [0.2, 0.25) is 0 Å². The van der Waals surface area contributed by atoms with Gasteiger partial charge in [-0.2, -0.15) is 0 Å². The van der Waals surface area contributed by atoms with Crippen LogP contribution in [0.25, 0.3) is 0 Å². The molecule has 7 heteroatoms. The van der Waals surface area contributed by atoms with Gasteiger partial charge in [0.1, 0.15) is 12.9 Å². The van der Waals surface area contributed by atoms with Crippen LogP contribution in [-0.4, -0.2) is 33.8 Å². The zero-order valence-electron chi connectivity index (χ0n) is 13.6. The Morgan fingerprint density at radius 3 is 2.91 bits per heavy atom. The third-order valence-electron chi connectivity index (χ3n) is 3.88. The second kappa shape index (κ2) is 8.28. The van der Waals surface area contributed by atoms with E-state index in [1.165, 1.54) is 11.3 Å². The van der Waals surface area contributed by atoms with Crippen molar-refractivity contribution in [1.82, 2.24) is 20.1 Å². The standard InChI is InChI=1S/C16H22N6.HI/c1-3-17-16(18-11-15-20-19-12-21(15)4-2)22-10-9-13-7-5-6-8-14(13)22;/h5-8,12H,3-4,9-11H2,1-2H3,(H,17,18);1H. The van der Waals surface area contributed by atoms with Crippen LogP contribution in [0.5, 0.6) is 0 Å². The first kappa shape index (κ1) is 17.7. The van der Waals surface area contributed by atoms with Gasteiger partial charge in [0.05, 0.1) is 0 Å². The first-order valence-corrected chi connectivity index (χ1v) is 7.84. The van der Waals surface area contributed by atoms with Gasteiger partial charge in [0, 0.05) is 25.3 Å². The highest BCUT2D eigenvalue weighted by atomic mass is 127. The van der Waals surface area contributed by atoms with Crippen molar-refractivity contribution in [2.24, 2.45) is 4.99 Å². The normalized spacial score (nSPS) is 13.7. The van der Waals surface area contributed by atoms with E-state index in [2.05, 4.69) is 58.5 Å². The van der Waals surface area contributed by atoms with Crippen molar-refractivity contribution in [1.29, 1.82) is 0 Å². The summed E-state index contributed by atoms with van der Waals surface area (Å²) >= 11 is 0. The Morgan fingerprint density at radius 1 is 1.30 bits per heavy atom. The molecule has 1 aliphatic rings. The quantitative estimate of drug-likeness (QED) is 0.464. The van der Waals surface area contributed by atoms with Crippen LogP contribution in [0, 0.1) is 0 Å². The van der Waals surface area contributed by atoms with Gasteiger partial charge in [-0.3, -0.25) is 0 Å². The van der Waals surface area contributed by atoms with Gasteiger partial charge >= 0.3 is 0 Å². The van der Waals surface area contributed by atoms with Crippen LogP contribution >= 0.6 is 24.0 Å². The Kier molecular flexibility index (Phi) is 6.37. The van der Waals surface area contributed by atoms with E-state index in [1.54, 1.807) is 6.33 Å². The van der Waals surface area contributed by atoms with E-state index in [0.29, 0.717) is 6.54 Å². The molecular formula is C16H23IN6. The molecule has 1 aromatic carbocycles. The minimum Gasteiger partial charge on any atom is -0.356 e. The summed E-state index contributed by atoms with van der Waals surface area (Å²) in [6.45, 7) is 7.38. The van der Waals surface area contributed by atoms with Crippen LogP contribution < -0.4 is 10.2 Å². The number of anilines is 1. The molecule has 0 atom stereocenters. The van der Waals surface area contributed by atoms with Crippen LogP contribution in [0.4, 0.5) is 5.69 Å². The van der Waals surface area contributed by atoms with Crippen LogP contribution in [-0.2, 0) is 19.5 Å². The lowest BCUT2D eigenvalue weighted by Gasteiger charge is -2.22. The van der Waals surface area contributed by atoms with Gasteiger partial charge in [-0.25, -0.2) is 4.99 Å². The van der Waals surface area contributed by atoms with Gasteiger partial charge < -0.3 is 14.8 Å². The highest BCUT2D eigenvalue weighted by Gasteiger charge is 2.22. The van der Waals surface area contributed by atoms with E-state index in [4.69, 9.17) is 4.99 Å². The SMILES string of the molecule is CCNC(=NCc1nncn1CC)N1CCc2ccccc21.I. The van der Waals surface area contributed by atoms with E-state index in [9.17, 15) is 0 Å². The van der Waals surface area contributed by atoms with Crippen molar-refractivity contribution in [3.63, 3.8) is 0 Å². The van der Waals surface area contributed by atoms with Gasteiger partial charge in [0.15, 0.2) is 11.8 Å². The number of guanidine groups is 1. The maximum atomic E-state index is 4.75. The van der Waals surface area contributed by atoms with Crippen molar-refractivity contribution in [3.8, 4) is 0 Å². The number of nitrogens with one attached hydrogen (secondary N) is 1. The number of rotatable bonds is 4. The van der Waals surface area contributed by atoms with Crippen molar-refractivity contribution in [2.75, 3.05) is 18.0 Å². The highest BCUT2D eigenvalue weighted by molar-refractivity contribution is 14.0. The highest BCUT2D eigenvalue weighted by Crippen LogP contribution is 2.27. The van der Waals surface area contributed by atoms with E-state index < -0.39 is 0 Å². The smallest absolute Gasteiger partial charge is 0.198 e. The Labute approximate surface area is 154 Å². The summed E-state index contributed by atoms with van der Waals surface area (Å²) in [7, 11) is 0. The largest absolute Gasteiger partial charge is 0.356 e. The van der Waals surface area contributed by atoms with Crippen molar-refractivity contribution < 1.29 is 0 Å². The number of nitrogens with zero attached hydrogens (tertiary/aromatic N) is 5. The summed E-state index contributed by atoms with van der Waals surface area (Å²) in [5.74, 6) is 1.81. The van der Waals surface area contributed by atoms with Gasteiger partial charge in [-0.15, -0.1) is 34.2 Å². The molecule has 3 rings (SSSR count). The fourth-order valence-corrected chi connectivity index (χ4v) is 2.76. The number of hydrogen-bond donors (Lipinski definition) is 1. The molecule has 0 amide bonds. The predicted molar refractivity (Wildman–Crippen MR) is 103 cm³/mol. The summed E-state index contributed by atoms with van der Waals surface area (Å²) in [5, 5.41) is 11.5. The molecule has 0 radical (unpaired) electrons. The number of halogens is 1. The number of benzene rings is 1. The van der Waals surface area contributed by atoms with Gasteiger partial charge in [0.25, 0.3) is 0 Å². The number of aromatic nitrogens is 3. The van der Waals surface area contributed by atoms with Gasteiger partial charge in [0.2, 0.25) is 0 Å². The Morgan fingerprint density at radius 2 is 2.13 bits per heavy atom. The lowest BCUT2D eigenvalue weighted by atomic mass is 10.2. The number of fused-ring (bicyclic) bond motifs is 1. The summed E-state index contributed by atoms with van der Waals surface area (Å²) < 4.78 is 2.02. The fraction of sp³-hybridized carbons (Fsp3) is 0.438. The van der Waals surface area contributed by atoms with E-state index >= 15 is 0 Å². The Balaban J connectivity index is 0.00000192. The second-order valence-electron chi connectivity index (χ2n) is 5.23. The molecule has 0 unspecified atom stereocenters. The maximum absolute atomic E-state index is 4.75. The third kappa shape index (κ3) is 3.82. The molecule has 0 bridgehead atoms. The summed E-state index contributed by atoms with van der Waals surface area (Å²) in [6, 6.07) is 8.51. The first-order chi connectivity index (χ1) is 10.8. The number of aliphatic imine (C=N–C) groups is 1. The average molecular weight is 426 g/mol. The molecule has 0 spiro atoms. The molecule has 1 aliphatic heterocycles. The molecular weight excluding hydrogens is 403 g/mol. The first-order valence-electron chi connectivity index (χ1n) is 7.84. The minimum absolute atomic E-state index is 0. The van der Waals surface area contributed by atoms with Crippen LogP contribution in [0.3, 0.4) is 0 Å². The molecule has 0 aliphatic carbocycles. The molecule has 6 nitrogen and oxygen atoms in total. The van der Waals surface area contributed by atoms with Crippen LogP contribution in [0.1, 0.15) is 25.2 Å². The zero-order valence-corrected chi connectivity index (χ0v) is 15.9. The Hall–Kier alpha value is -1.64. The van der Waals surface area contributed by atoms with Crippen molar-refractivity contribution >= 4 is 35.6 Å². The molecule has 124 valence electrons.